The van der Waals surface area contributed by atoms with Crippen LogP contribution in [0.1, 0.15) is 57.6 Å². The maximum absolute atomic E-state index is 13.8. The van der Waals surface area contributed by atoms with Gasteiger partial charge in [-0.3, -0.25) is 9.69 Å². The lowest BCUT2D eigenvalue weighted by Gasteiger charge is -2.44. The van der Waals surface area contributed by atoms with Gasteiger partial charge in [-0.05, 0) is 62.4 Å². The van der Waals surface area contributed by atoms with Gasteiger partial charge in [0.05, 0.1) is 22.8 Å². The van der Waals surface area contributed by atoms with E-state index in [0.717, 1.165) is 43.4 Å². The number of rotatable bonds is 5. The molecular weight excluding hydrogens is 450 g/mol. The van der Waals surface area contributed by atoms with Gasteiger partial charge in [0.25, 0.3) is 0 Å². The highest BCUT2D eigenvalue weighted by Crippen LogP contribution is 2.53. The molecule has 0 radical (unpaired) electrons. The average molecular weight is 480 g/mol. The second-order valence-electron chi connectivity index (χ2n) is 10.4. The first kappa shape index (κ1) is 22.3. The third-order valence-corrected chi connectivity index (χ3v) is 8.32. The molecule has 1 spiro atoms. The molecule has 0 saturated carbocycles. The molecule has 0 aromatic carbocycles. The summed E-state index contributed by atoms with van der Waals surface area (Å²) in [5.74, 6) is 0.395. The summed E-state index contributed by atoms with van der Waals surface area (Å²) in [6, 6.07) is 4.19. The Bertz CT molecular complexity index is 1160. The van der Waals surface area contributed by atoms with Crippen LogP contribution in [0.25, 0.3) is 5.82 Å². The Balaban J connectivity index is 1.16. The Kier molecular flexibility index (Phi) is 5.22. The zero-order valence-electron chi connectivity index (χ0n) is 19.9. The maximum Gasteiger partial charge on any atom is 0.336 e. The Labute approximate surface area is 202 Å². The second kappa shape index (κ2) is 8.20. The Hall–Kier alpha value is -3.18. The van der Waals surface area contributed by atoms with Gasteiger partial charge < -0.3 is 14.7 Å². The number of carbonyl (C=O) groups is 2. The van der Waals surface area contributed by atoms with Crippen molar-refractivity contribution in [1.82, 2.24) is 35.0 Å². The standard InChI is InChI=1S/C24H29N7O4/c1-14-7-24(23(34)31(14)19-12-35-22(33)15(19)2)8-17-4-5-18(9-24)29(17)11-20(32)16-3-6-21(25-10-16)30-13-26-27-28-30/h3,6,10,13-14,17-18,20,32H,4-5,7-9,11-12H2,1-2H3/t14?,17?,18?,20-,24?/m1/s1. The molecular formula is C24H29N7O4. The number of piperidine rings is 1. The fraction of sp³-hybridized carbons (Fsp3) is 0.583. The zero-order valence-corrected chi connectivity index (χ0v) is 19.9. The van der Waals surface area contributed by atoms with Crippen molar-refractivity contribution >= 4 is 11.9 Å². The number of aromatic nitrogens is 5. The predicted molar refractivity (Wildman–Crippen MR) is 122 cm³/mol. The number of cyclic esters (lactones) is 1. The second-order valence-corrected chi connectivity index (χ2v) is 10.4. The molecule has 2 aromatic rings. The van der Waals surface area contributed by atoms with E-state index in [0.29, 0.717) is 17.9 Å². The van der Waals surface area contributed by atoms with Crippen LogP contribution >= 0.6 is 0 Å². The van der Waals surface area contributed by atoms with Gasteiger partial charge in [0.1, 0.15) is 12.9 Å². The van der Waals surface area contributed by atoms with Gasteiger partial charge in [-0.1, -0.05) is 6.07 Å². The van der Waals surface area contributed by atoms with E-state index in [-0.39, 0.29) is 36.6 Å². The molecule has 2 bridgehead atoms. The number of esters is 1. The fourth-order valence-electron chi connectivity index (χ4n) is 6.69. The molecule has 35 heavy (non-hydrogen) atoms. The van der Waals surface area contributed by atoms with E-state index in [1.165, 1.54) is 11.0 Å². The molecule has 6 rings (SSSR count). The van der Waals surface area contributed by atoms with Crippen molar-refractivity contribution < 1.29 is 19.4 Å². The molecule has 4 atom stereocenters. The number of fused-ring (bicyclic) bond motifs is 2. The number of tetrazole rings is 1. The van der Waals surface area contributed by atoms with E-state index in [4.69, 9.17) is 4.74 Å². The highest BCUT2D eigenvalue weighted by atomic mass is 16.5. The van der Waals surface area contributed by atoms with Crippen LogP contribution in [-0.2, 0) is 14.3 Å². The first-order valence-corrected chi connectivity index (χ1v) is 12.2. The van der Waals surface area contributed by atoms with Crippen LogP contribution in [-0.4, -0.2) is 83.3 Å². The zero-order chi connectivity index (χ0) is 24.3. The van der Waals surface area contributed by atoms with E-state index >= 15 is 0 Å². The molecule has 3 fully saturated rings. The third-order valence-electron chi connectivity index (χ3n) is 8.32. The van der Waals surface area contributed by atoms with E-state index in [2.05, 4.69) is 32.3 Å². The largest absolute Gasteiger partial charge is 0.456 e. The first-order chi connectivity index (χ1) is 16.9. The van der Waals surface area contributed by atoms with Gasteiger partial charge in [-0.15, -0.1) is 5.10 Å². The summed E-state index contributed by atoms with van der Waals surface area (Å²) in [5.41, 5.74) is 1.62. The monoisotopic (exact) mass is 479 g/mol. The van der Waals surface area contributed by atoms with Gasteiger partial charge in [0.2, 0.25) is 5.91 Å². The Morgan fingerprint density at radius 2 is 1.97 bits per heavy atom. The van der Waals surface area contributed by atoms with E-state index in [1.807, 2.05) is 11.0 Å². The van der Waals surface area contributed by atoms with Crippen molar-refractivity contribution in [2.45, 2.75) is 70.2 Å². The summed E-state index contributed by atoms with van der Waals surface area (Å²) in [7, 11) is 0. The minimum Gasteiger partial charge on any atom is -0.456 e. The van der Waals surface area contributed by atoms with Crippen molar-refractivity contribution in [1.29, 1.82) is 0 Å². The SMILES string of the molecule is CC1=C(N2C(=O)C3(CC2C)CC2CCC(C3)N2C[C@@H](O)c2ccc(-n3cnnn3)nc2)COC1=O. The van der Waals surface area contributed by atoms with Crippen LogP contribution in [0.4, 0.5) is 0 Å². The van der Waals surface area contributed by atoms with Crippen molar-refractivity contribution in [2.75, 3.05) is 13.2 Å². The number of aliphatic hydroxyl groups excluding tert-OH is 1. The topological polar surface area (TPSA) is 127 Å². The molecule has 4 aliphatic heterocycles. The number of carbonyl (C=O) groups excluding carboxylic acids is 2. The molecule has 3 saturated heterocycles. The van der Waals surface area contributed by atoms with Gasteiger partial charge in [0.15, 0.2) is 5.82 Å². The minimum atomic E-state index is -0.674. The van der Waals surface area contributed by atoms with Crippen LogP contribution in [0.15, 0.2) is 35.9 Å². The van der Waals surface area contributed by atoms with E-state index < -0.39 is 11.5 Å². The van der Waals surface area contributed by atoms with Crippen LogP contribution in [0.2, 0.25) is 0 Å². The van der Waals surface area contributed by atoms with Crippen LogP contribution < -0.4 is 0 Å². The number of hydrogen-bond acceptors (Lipinski definition) is 9. The molecule has 1 N–H and O–H groups in total. The Morgan fingerprint density at radius 3 is 2.57 bits per heavy atom. The predicted octanol–water partition coefficient (Wildman–Crippen LogP) is 1.16. The summed E-state index contributed by atoms with van der Waals surface area (Å²) in [6.45, 7) is 4.51. The average Bonchev–Trinajstić information content (AvgIpc) is 3.59. The molecule has 184 valence electrons. The lowest BCUT2D eigenvalue weighted by atomic mass is 9.72. The number of ether oxygens (including phenoxy) is 1. The maximum atomic E-state index is 13.8. The first-order valence-electron chi connectivity index (χ1n) is 12.2. The number of nitrogens with zero attached hydrogens (tertiary/aromatic N) is 7. The lowest BCUT2D eigenvalue weighted by molar-refractivity contribution is -0.140. The van der Waals surface area contributed by atoms with Crippen LogP contribution in [0, 0.1) is 5.41 Å². The summed E-state index contributed by atoms with van der Waals surface area (Å²) in [6.07, 6.45) is 6.88. The molecule has 4 aliphatic rings. The van der Waals surface area contributed by atoms with Crippen LogP contribution in [0.5, 0.6) is 0 Å². The number of aliphatic hydroxyl groups is 1. The summed E-state index contributed by atoms with van der Waals surface area (Å²) in [4.78, 5) is 34.3. The lowest BCUT2D eigenvalue weighted by Crippen LogP contribution is -2.51. The molecule has 3 unspecified atom stereocenters. The van der Waals surface area contributed by atoms with Crippen LogP contribution in [0.3, 0.4) is 0 Å². The molecule has 11 nitrogen and oxygen atoms in total. The van der Waals surface area contributed by atoms with Crippen molar-refractivity contribution in [2.24, 2.45) is 5.41 Å². The fourth-order valence-corrected chi connectivity index (χ4v) is 6.69. The number of amides is 1. The molecule has 11 heteroatoms. The van der Waals surface area contributed by atoms with Gasteiger partial charge in [-0.2, -0.15) is 4.68 Å². The molecule has 2 aromatic heterocycles. The highest BCUT2D eigenvalue weighted by Gasteiger charge is 2.58. The molecule has 1 amide bonds. The Morgan fingerprint density at radius 1 is 1.20 bits per heavy atom. The van der Waals surface area contributed by atoms with Crippen molar-refractivity contribution in [3.8, 4) is 5.82 Å². The number of likely N-dealkylation sites (tertiary alicyclic amines) is 1. The quantitative estimate of drug-likeness (QED) is 0.629. The highest BCUT2D eigenvalue weighted by molar-refractivity contribution is 5.94. The molecule has 6 heterocycles. The smallest absolute Gasteiger partial charge is 0.336 e. The van der Waals surface area contributed by atoms with Crippen molar-refractivity contribution in [3.05, 3.63) is 41.5 Å². The van der Waals surface area contributed by atoms with Gasteiger partial charge in [0, 0.05) is 36.4 Å². The van der Waals surface area contributed by atoms with Crippen molar-refractivity contribution in [3.63, 3.8) is 0 Å². The number of pyridine rings is 1. The third kappa shape index (κ3) is 3.56. The van der Waals surface area contributed by atoms with Gasteiger partial charge >= 0.3 is 5.97 Å². The number of hydrogen-bond donors (Lipinski definition) is 1. The minimum absolute atomic E-state index is 0.0447. The summed E-state index contributed by atoms with van der Waals surface area (Å²) < 4.78 is 6.66. The summed E-state index contributed by atoms with van der Waals surface area (Å²) in [5, 5.41) is 22.1. The van der Waals surface area contributed by atoms with E-state index in [1.54, 1.807) is 19.2 Å². The molecule has 0 aliphatic carbocycles. The normalized spacial score (nSPS) is 31.6. The summed E-state index contributed by atoms with van der Waals surface area (Å²) >= 11 is 0. The van der Waals surface area contributed by atoms with E-state index in [9.17, 15) is 14.7 Å². The van der Waals surface area contributed by atoms with Gasteiger partial charge in [-0.25, -0.2) is 9.78 Å².